The topological polar surface area (TPSA) is 278 Å². The summed E-state index contributed by atoms with van der Waals surface area (Å²) in [4.78, 5) is 0. The van der Waals surface area contributed by atoms with Gasteiger partial charge in [0.15, 0.2) is 0 Å². The third kappa shape index (κ3) is 65.0. The zero-order chi connectivity index (χ0) is 32.5. The molecule has 3 saturated heterocycles. The number of hydrogen-bond donors (Lipinski definition) is 0. The third-order valence-corrected chi connectivity index (χ3v) is 5.62. The molecule has 19 heteroatoms. The van der Waals surface area contributed by atoms with E-state index in [1.54, 1.807) is 0 Å². The van der Waals surface area contributed by atoms with Gasteiger partial charge in [-0.2, -0.15) is 12.1 Å². The molecule has 1 radical (unpaired) electrons. The fourth-order valence-corrected chi connectivity index (χ4v) is 4.19. The predicted molar refractivity (Wildman–Crippen MR) is 166 cm³/mol. The average molecular weight is 940 g/mol. The van der Waals surface area contributed by atoms with Crippen LogP contribution in [0.25, 0.3) is 21.3 Å². The summed E-state index contributed by atoms with van der Waals surface area (Å²) in [6.07, 6.45) is 17.5. The fourth-order valence-electron chi connectivity index (χ4n) is 4.19. The first-order chi connectivity index (χ1) is 19.9. The van der Waals surface area contributed by atoms with Gasteiger partial charge in [-0.15, -0.1) is 44.3 Å². The summed E-state index contributed by atoms with van der Waals surface area (Å²) in [6, 6.07) is 2.12. The zero-order valence-corrected chi connectivity index (χ0v) is 34.9. The van der Waals surface area contributed by atoms with Crippen LogP contribution in [0.15, 0.2) is 12.2 Å². The Kier molecular flexibility index (Phi) is 229. The van der Waals surface area contributed by atoms with Crippen LogP contribution in [-0.4, -0.2) is 55.8 Å². The SMILES string of the molecule is C1=CC(C2CCCC[N-]2)[N-]CC1.C1CCC(C2CCCC[N-]2)[N-]C1.O.[C-]#N.[C-]#N.[C-]#N.[C-]#N.[C-]#N.[C-]#N.[C-]#N.[C-]#N.[CH3-].[CH3-].[CH3-].[Co].[Fe+6].[Fe+6].[Fe].[Fe].[Fe]. The molecule has 0 spiro atoms. The Morgan fingerprint density at radius 2 is 0.680 bits per heavy atom. The fraction of sp³-hybridized carbons (Fsp3) is 0.581. The van der Waals surface area contributed by atoms with E-state index in [4.69, 9.17) is 94.7 Å². The molecule has 13 nitrogen and oxygen atoms in total. The molecule has 4 aliphatic heterocycles. The molecular formula is C31H45CoFe5N12O-3. The Balaban J connectivity index is -0.0000000207. The van der Waals surface area contributed by atoms with Gasteiger partial charge in [-0.1, -0.05) is 70.3 Å². The van der Waals surface area contributed by atoms with Crippen LogP contribution in [0, 0.1) is 117 Å². The van der Waals surface area contributed by atoms with Crippen molar-refractivity contribution in [1.82, 2.24) is 0 Å². The summed E-state index contributed by atoms with van der Waals surface area (Å²) < 4.78 is 0. The molecule has 4 aliphatic rings. The molecule has 50 heavy (non-hydrogen) atoms. The molecule has 4 atom stereocenters. The Hall–Kier alpha value is -1.44. The third-order valence-electron chi connectivity index (χ3n) is 5.62. The van der Waals surface area contributed by atoms with Crippen molar-refractivity contribution in [3.63, 3.8) is 0 Å². The second-order valence-corrected chi connectivity index (χ2v) is 7.52. The summed E-state index contributed by atoms with van der Waals surface area (Å²) in [7, 11) is 0. The first-order valence-electron chi connectivity index (χ1n) is 12.1. The van der Waals surface area contributed by atoms with E-state index >= 15 is 0 Å². The molecule has 4 heterocycles. The van der Waals surface area contributed by atoms with Gasteiger partial charge in [-0.05, 0) is 0 Å². The Morgan fingerprint density at radius 3 is 0.880 bits per heavy atom. The van der Waals surface area contributed by atoms with Crippen LogP contribution < -0.4 is 0 Å². The van der Waals surface area contributed by atoms with Crippen LogP contribution in [0.5, 0.6) is 0 Å². The number of hydrogen-bond acceptors (Lipinski definition) is 8. The predicted octanol–water partition coefficient (Wildman–Crippen LogP) is 6.74. The minimum absolute atomic E-state index is 0. The van der Waals surface area contributed by atoms with Gasteiger partial charge in [-0.25, -0.2) is 0 Å². The Bertz CT molecular complexity index is 620. The van der Waals surface area contributed by atoms with Crippen molar-refractivity contribution in [3.05, 3.63) is 108 Å². The van der Waals surface area contributed by atoms with E-state index in [0.29, 0.717) is 24.2 Å². The van der Waals surface area contributed by atoms with Crippen LogP contribution in [0.4, 0.5) is 0 Å². The maximum Gasteiger partial charge on any atom is 6.00 e. The molecule has 2 N–H and O–H groups in total. The Morgan fingerprint density at radius 1 is 0.420 bits per heavy atom. The Labute approximate surface area is 369 Å². The van der Waals surface area contributed by atoms with Crippen molar-refractivity contribution >= 4 is 0 Å². The van der Waals surface area contributed by atoms with Gasteiger partial charge in [0, 0.05) is 68.0 Å². The monoisotopic (exact) mass is 940 g/mol. The molecule has 0 aliphatic carbocycles. The molecular weight excluding hydrogens is 895 g/mol. The normalized spacial score (nSPS) is 18.2. The molecule has 0 aromatic heterocycles. The first kappa shape index (κ1) is 104. The smallest absolute Gasteiger partial charge is 0.661 e. The van der Waals surface area contributed by atoms with E-state index in [1.165, 1.54) is 57.8 Å². The van der Waals surface area contributed by atoms with Gasteiger partial charge >= 0.3 is 34.1 Å². The molecule has 0 aromatic carbocycles. The maximum atomic E-state index is 6.25. The van der Waals surface area contributed by atoms with E-state index in [0.717, 1.165) is 32.6 Å². The van der Waals surface area contributed by atoms with Crippen molar-refractivity contribution in [2.45, 2.75) is 88.4 Å². The number of nitrogens with zero attached hydrogens (tertiary/aromatic N) is 12. The number of rotatable bonds is 2. The second-order valence-electron chi connectivity index (χ2n) is 7.52. The van der Waals surface area contributed by atoms with Crippen LogP contribution >= 0.6 is 0 Å². The quantitative estimate of drug-likeness (QED) is 0.162. The largest absolute Gasteiger partial charge is 6.00 e. The van der Waals surface area contributed by atoms with E-state index in [9.17, 15) is 0 Å². The van der Waals surface area contributed by atoms with Crippen LogP contribution in [-0.2, 0) is 102 Å². The van der Waals surface area contributed by atoms with Crippen LogP contribution in [0.1, 0.15) is 64.2 Å². The molecule has 0 bridgehead atoms. The van der Waals surface area contributed by atoms with E-state index in [1.807, 2.05) is 0 Å². The van der Waals surface area contributed by atoms with E-state index in [-0.39, 0.29) is 130 Å². The van der Waals surface area contributed by atoms with Gasteiger partial charge in [0.1, 0.15) is 0 Å². The summed E-state index contributed by atoms with van der Waals surface area (Å²) >= 11 is 0. The molecule has 0 saturated carbocycles. The summed E-state index contributed by atoms with van der Waals surface area (Å²) in [5.74, 6) is 0. The molecule has 0 aromatic rings. The van der Waals surface area contributed by atoms with Crippen molar-refractivity contribution in [2.24, 2.45) is 0 Å². The summed E-state index contributed by atoms with van der Waals surface area (Å²) in [5, 5.41) is 68.5. The molecule has 4 rings (SSSR count). The first-order valence-corrected chi connectivity index (χ1v) is 12.1. The summed E-state index contributed by atoms with van der Waals surface area (Å²) in [6.45, 7) is 42.3. The maximum absolute atomic E-state index is 6.25. The van der Waals surface area contributed by atoms with Crippen LogP contribution in [0.3, 0.4) is 0 Å². The summed E-state index contributed by atoms with van der Waals surface area (Å²) in [5.41, 5.74) is 0. The van der Waals surface area contributed by atoms with Crippen molar-refractivity contribution in [2.75, 3.05) is 26.2 Å². The number of piperidine rings is 3. The van der Waals surface area contributed by atoms with E-state index in [2.05, 4.69) is 33.4 Å². The van der Waals surface area contributed by atoms with Gasteiger partial charge < -0.3 is 144 Å². The second kappa shape index (κ2) is 110. The molecule has 287 valence electrons. The average Bonchev–Trinajstić information content (AvgIpc) is 3.13. The van der Waals surface area contributed by atoms with Crippen molar-refractivity contribution < 1.29 is 108 Å². The van der Waals surface area contributed by atoms with Gasteiger partial charge in [0.2, 0.25) is 0 Å². The molecule has 0 amide bonds. The van der Waals surface area contributed by atoms with Gasteiger partial charge in [0.25, 0.3) is 0 Å². The molecule has 4 unspecified atom stereocenters. The minimum Gasteiger partial charge on any atom is -0.661 e. The van der Waals surface area contributed by atoms with Gasteiger partial charge in [0.05, 0.1) is 0 Å². The van der Waals surface area contributed by atoms with Crippen LogP contribution in [0.2, 0.25) is 0 Å². The zero-order valence-electron chi connectivity index (χ0n) is 28.3. The minimum atomic E-state index is 0. The standard InChI is InChI=1S/C10H18N2.C10H16N2.8CN.3CH3.Co.5Fe.H2O/c2*1-3-7-11-9(5-1)10-6-2-4-8-12-10;8*1-2;;;;;;;;;;/h9-10H,1-8H2;1,5,9-10H,2-4,6-8H2;;;;;;;;;3*1H3;;;;;;;1H2/q2*-2;11*-1;;;;;2*+6;. The van der Waals surface area contributed by atoms with Gasteiger partial charge in [-0.3, -0.25) is 0 Å². The van der Waals surface area contributed by atoms with Crippen molar-refractivity contribution in [3.8, 4) is 0 Å². The van der Waals surface area contributed by atoms with Crippen molar-refractivity contribution in [1.29, 1.82) is 42.1 Å². The molecule has 3 fully saturated rings. The van der Waals surface area contributed by atoms with E-state index < -0.39 is 0 Å².